The lowest BCUT2D eigenvalue weighted by molar-refractivity contribution is -0.114. The Labute approximate surface area is 152 Å². The third-order valence-electron chi connectivity index (χ3n) is 3.61. The quantitative estimate of drug-likeness (QED) is 0.467. The molecule has 0 aliphatic carbocycles. The second-order valence-electron chi connectivity index (χ2n) is 5.94. The van der Waals surface area contributed by atoms with Crippen LogP contribution in [0.4, 0.5) is 0 Å². The molecule has 25 heavy (non-hydrogen) atoms. The molecule has 1 aromatic heterocycles. The van der Waals surface area contributed by atoms with Crippen molar-refractivity contribution in [2.24, 2.45) is 0 Å². The molecular formula is C19H20N2O3S. The van der Waals surface area contributed by atoms with E-state index in [-0.39, 0.29) is 6.61 Å². The van der Waals surface area contributed by atoms with Gasteiger partial charge in [0.15, 0.2) is 0 Å². The molecule has 0 saturated heterocycles. The van der Waals surface area contributed by atoms with Gasteiger partial charge in [-0.2, -0.15) is 0 Å². The Bertz CT molecular complexity index is 831. The summed E-state index contributed by atoms with van der Waals surface area (Å²) in [6.07, 6.45) is 7.42. The van der Waals surface area contributed by atoms with Crippen LogP contribution in [-0.2, 0) is 9.53 Å². The van der Waals surface area contributed by atoms with Gasteiger partial charge in [-0.25, -0.2) is 0 Å². The fourth-order valence-electron chi connectivity index (χ4n) is 2.30. The zero-order valence-corrected chi connectivity index (χ0v) is 15.2. The van der Waals surface area contributed by atoms with E-state index in [1.807, 2.05) is 31.2 Å². The number of thiocarbonyl (C=S) groups is 1. The number of hydrogen-bond donors (Lipinski definition) is 1. The monoisotopic (exact) mass is 356 g/mol. The summed E-state index contributed by atoms with van der Waals surface area (Å²) in [5.41, 5.74) is 0.642. The highest BCUT2D eigenvalue weighted by Crippen LogP contribution is 2.21. The van der Waals surface area contributed by atoms with E-state index in [9.17, 15) is 4.79 Å². The number of benzene rings is 1. The summed E-state index contributed by atoms with van der Waals surface area (Å²) in [5, 5.41) is 3.88. The van der Waals surface area contributed by atoms with E-state index in [1.54, 1.807) is 13.1 Å². The van der Waals surface area contributed by atoms with Gasteiger partial charge < -0.3 is 19.6 Å². The van der Waals surface area contributed by atoms with E-state index in [1.165, 1.54) is 7.11 Å². The van der Waals surface area contributed by atoms with E-state index < -0.39 is 11.6 Å². The second-order valence-corrected chi connectivity index (χ2v) is 6.38. The van der Waals surface area contributed by atoms with Crippen LogP contribution >= 0.6 is 12.2 Å². The lowest BCUT2D eigenvalue weighted by Crippen LogP contribution is -2.53. The summed E-state index contributed by atoms with van der Waals surface area (Å²) in [7, 11) is 1.53. The van der Waals surface area contributed by atoms with E-state index in [2.05, 4.69) is 16.2 Å². The largest absolute Gasteiger partial charge is 0.484 e. The van der Waals surface area contributed by atoms with Crippen molar-refractivity contribution in [2.45, 2.75) is 25.5 Å². The molecule has 0 aliphatic rings. The van der Waals surface area contributed by atoms with Crippen molar-refractivity contribution < 1.29 is 14.3 Å². The molecule has 2 atom stereocenters. The number of aromatic nitrogens is 1. The molecular weight excluding hydrogens is 336 g/mol. The van der Waals surface area contributed by atoms with Crippen molar-refractivity contribution in [3.8, 4) is 18.1 Å². The minimum atomic E-state index is -0.890. The van der Waals surface area contributed by atoms with Crippen molar-refractivity contribution in [1.82, 2.24) is 10.3 Å². The van der Waals surface area contributed by atoms with E-state index in [4.69, 9.17) is 28.1 Å². The normalized spacial score (nSPS) is 14.2. The topological polar surface area (TPSA) is 60.5 Å². The SMILES string of the molecule is C#Cc1cnc2ccc(OC(C)C(=S)NC(C)(C=O)COC)cc2c1. The number of carbonyl (C=O) groups excluding carboxylic acids is 1. The molecule has 1 N–H and O–H groups in total. The van der Waals surface area contributed by atoms with E-state index in [0.717, 1.165) is 17.2 Å². The Kier molecular flexibility index (Phi) is 6.07. The van der Waals surface area contributed by atoms with Crippen molar-refractivity contribution in [2.75, 3.05) is 13.7 Å². The number of pyridine rings is 1. The first kappa shape index (κ1) is 18.8. The molecule has 0 saturated carbocycles. The number of nitrogens with zero attached hydrogens (tertiary/aromatic N) is 1. The minimum absolute atomic E-state index is 0.208. The third kappa shape index (κ3) is 4.75. The van der Waals surface area contributed by atoms with Gasteiger partial charge in [-0.1, -0.05) is 18.1 Å². The molecule has 1 heterocycles. The van der Waals surface area contributed by atoms with Gasteiger partial charge >= 0.3 is 0 Å². The first-order valence-electron chi connectivity index (χ1n) is 7.71. The number of hydrogen-bond acceptors (Lipinski definition) is 5. The molecule has 2 rings (SSSR count). The summed E-state index contributed by atoms with van der Waals surface area (Å²) in [6.45, 7) is 3.74. The molecule has 2 unspecified atom stereocenters. The van der Waals surface area contributed by atoms with Crippen LogP contribution in [-0.4, -0.2) is 41.6 Å². The third-order valence-corrected chi connectivity index (χ3v) is 4.05. The highest BCUT2D eigenvalue weighted by atomic mass is 32.1. The zero-order chi connectivity index (χ0) is 18.4. The van der Waals surface area contributed by atoms with Gasteiger partial charge in [-0.15, -0.1) is 6.42 Å². The predicted molar refractivity (Wildman–Crippen MR) is 102 cm³/mol. The van der Waals surface area contributed by atoms with Crippen molar-refractivity contribution in [3.63, 3.8) is 0 Å². The molecule has 2 aromatic rings. The van der Waals surface area contributed by atoms with Crippen LogP contribution in [0.25, 0.3) is 10.9 Å². The van der Waals surface area contributed by atoms with Gasteiger partial charge in [-0.05, 0) is 38.1 Å². The molecule has 5 nitrogen and oxygen atoms in total. The Balaban J connectivity index is 2.12. The van der Waals surface area contributed by atoms with E-state index >= 15 is 0 Å². The summed E-state index contributed by atoms with van der Waals surface area (Å²) in [5.74, 6) is 3.20. The van der Waals surface area contributed by atoms with Crippen LogP contribution in [0.3, 0.4) is 0 Å². The van der Waals surface area contributed by atoms with Crippen LogP contribution in [0.5, 0.6) is 5.75 Å². The number of rotatable bonds is 7. The summed E-state index contributed by atoms with van der Waals surface area (Å²) >= 11 is 5.35. The van der Waals surface area contributed by atoms with E-state index in [0.29, 0.717) is 16.3 Å². The van der Waals surface area contributed by atoms with Crippen molar-refractivity contribution >= 4 is 34.4 Å². The lowest BCUT2D eigenvalue weighted by atomic mass is 10.1. The molecule has 0 amide bonds. The van der Waals surface area contributed by atoms with Crippen molar-refractivity contribution in [1.29, 1.82) is 0 Å². The first-order valence-corrected chi connectivity index (χ1v) is 8.12. The van der Waals surface area contributed by atoms with Crippen LogP contribution in [0, 0.1) is 12.3 Å². The molecule has 130 valence electrons. The maximum atomic E-state index is 11.3. The minimum Gasteiger partial charge on any atom is -0.484 e. The van der Waals surface area contributed by atoms with Gasteiger partial charge in [-0.3, -0.25) is 4.98 Å². The Morgan fingerprint density at radius 1 is 1.52 bits per heavy atom. The fraction of sp³-hybridized carbons (Fsp3) is 0.316. The van der Waals surface area contributed by atoms with Crippen LogP contribution < -0.4 is 10.1 Å². The maximum Gasteiger partial charge on any atom is 0.147 e. The van der Waals surface area contributed by atoms with Gasteiger partial charge in [0.1, 0.15) is 28.7 Å². The Morgan fingerprint density at radius 3 is 2.92 bits per heavy atom. The van der Waals surface area contributed by atoms with Gasteiger partial charge in [0, 0.05) is 24.3 Å². The standard InChI is InChI=1S/C19H20N2O3S/c1-5-14-8-15-9-16(6-7-17(15)20-10-14)24-13(2)18(25)21-19(3,11-22)12-23-4/h1,6-11,13H,12H2,2-4H3,(H,21,25). The predicted octanol–water partition coefficient (Wildman–Crippen LogP) is 2.50. The maximum absolute atomic E-state index is 11.3. The smallest absolute Gasteiger partial charge is 0.147 e. The summed E-state index contributed by atoms with van der Waals surface area (Å²) in [4.78, 5) is 16.0. The molecule has 6 heteroatoms. The summed E-state index contributed by atoms with van der Waals surface area (Å²) < 4.78 is 10.9. The van der Waals surface area contributed by atoms with Crippen LogP contribution in [0.2, 0.25) is 0 Å². The second kappa shape index (κ2) is 8.06. The number of nitrogens with one attached hydrogen (secondary N) is 1. The fourth-order valence-corrected chi connectivity index (χ4v) is 2.58. The summed E-state index contributed by atoms with van der Waals surface area (Å²) in [6, 6.07) is 7.40. The van der Waals surface area contributed by atoms with Gasteiger partial charge in [0.2, 0.25) is 0 Å². The molecule has 0 fully saturated rings. The highest BCUT2D eigenvalue weighted by Gasteiger charge is 2.26. The molecule has 0 spiro atoms. The zero-order valence-electron chi connectivity index (χ0n) is 14.4. The average Bonchev–Trinajstić information content (AvgIpc) is 2.61. The van der Waals surface area contributed by atoms with Crippen LogP contribution in [0.1, 0.15) is 19.4 Å². The van der Waals surface area contributed by atoms with Crippen LogP contribution in [0.15, 0.2) is 30.5 Å². The highest BCUT2D eigenvalue weighted by molar-refractivity contribution is 7.80. The number of ether oxygens (including phenoxy) is 2. The number of fused-ring (bicyclic) bond motifs is 1. The van der Waals surface area contributed by atoms with Gasteiger partial charge in [0.05, 0.1) is 12.1 Å². The number of terminal acetylenes is 1. The molecule has 0 radical (unpaired) electrons. The number of methoxy groups -OCH3 is 1. The van der Waals surface area contributed by atoms with Crippen molar-refractivity contribution in [3.05, 3.63) is 36.0 Å². The molecule has 0 aliphatic heterocycles. The van der Waals surface area contributed by atoms with Gasteiger partial charge in [0.25, 0.3) is 0 Å². The molecule has 0 bridgehead atoms. The number of aldehydes is 1. The lowest BCUT2D eigenvalue weighted by Gasteiger charge is -2.27. The average molecular weight is 356 g/mol. The first-order chi connectivity index (χ1) is 11.9. The molecule has 1 aromatic carbocycles. The Hall–Kier alpha value is -2.49. The Morgan fingerprint density at radius 2 is 2.28 bits per heavy atom. The number of carbonyl (C=O) groups is 1.